The minimum atomic E-state index is -3.60. The predicted molar refractivity (Wildman–Crippen MR) is 118 cm³/mol. The number of benzene rings is 1. The number of piperazine rings is 1. The Morgan fingerprint density at radius 1 is 1.10 bits per heavy atom. The van der Waals surface area contributed by atoms with Gasteiger partial charge >= 0.3 is 5.97 Å². The summed E-state index contributed by atoms with van der Waals surface area (Å²) in [4.78, 5) is 27.9. The molecule has 1 saturated heterocycles. The summed E-state index contributed by atoms with van der Waals surface area (Å²) in [5, 5.41) is 0. The minimum Gasteiger partial charge on any atom is -0.495 e. The Labute approximate surface area is 184 Å². The number of sulfonamides is 1. The van der Waals surface area contributed by atoms with Crippen molar-refractivity contribution in [3.05, 3.63) is 18.2 Å². The third kappa shape index (κ3) is 5.48. The lowest BCUT2D eigenvalue weighted by Gasteiger charge is -2.39. The quantitative estimate of drug-likeness (QED) is 0.551. The maximum absolute atomic E-state index is 12.9. The van der Waals surface area contributed by atoms with Gasteiger partial charge in [-0.15, -0.1) is 0 Å². The maximum atomic E-state index is 12.9. The van der Waals surface area contributed by atoms with E-state index in [2.05, 4.69) is 0 Å². The zero-order valence-corrected chi connectivity index (χ0v) is 20.0. The van der Waals surface area contributed by atoms with Gasteiger partial charge in [0.25, 0.3) is 5.91 Å². The predicted octanol–water partition coefficient (Wildman–Crippen LogP) is 1.72. The number of nitrogens with zero attached hydrogens (tertiary/aromatic N) is 3. The highest BCUT2D eigenvalue weighted by atomic mass is 32.2. The van der Waals surface area contributed by atoms with Crippen molar-refractivity contribution in [2.45, 2.75) is 45.1 Å². The molecule has 0 radical (unpaired) electrons. The van der Waals surface area contributed by atoms with Gasteiger partial charge < -0.3 is 19.3 Å². The van der Waals surface area contributed by atoms with Crippen molar-refractivity contribution < 1.29 is 27.5 Å². The zero-order chi connectivity index (χ0) is 23.4. The van der Waals surface area contributed by atoms with Gasteiger partial charge in [0.05, 0.1) is 17.7 Å². The average Bonchev–Trinajstić information content (AvgIpc) is 2.72. The van der Waals surface area contributed by atoms with Crippen LogP contribution in [0.4, 0.5) is 5.69 Å². The summed E-state index contributed by atoms with van der Waals surface area (Å²) in [5.41, 5.74) is -0.564. The van der Waals surface area contributed by atoms with Crippen molar-refractivity contribution >= 4 is 27.6 Å². The average molecular weight is 456 g/mol. The maximum Gasteiger partial charge on any atom is 0.303 e. The minimum absolute atomic E-state index is 0.210. The first kappa shape index (κ1) is 24.9. The second-order valence-electron chi connectivity index (χ2n) is 7.81. The first-order chi connectivity index (χ1) is 14.5. The van der Waals surface area contributed by atoms with E-state index in [1.165, 1.54) is 11.2 Å². The number of carbonyl (C=O) groups excluding carboxylic acids is 2. The second-order valence-corrected chi connectivity index (χ2v) is 9.74. The largest absolute Gasteiger partial charge is 0.495 e. The van der Waals surface area contributed by atoms with E-state index in [0.29, 0.717) is 50.7 Å². The first-order valence-electron chi connectivity index (χ1n) is 10.4. The van der Waals surface area contributed by atoms with Crippen molar-refractivity contribution in [3.8, 4) is 5.75 Å². The number of carbonyl (C=O) groups is 2. The molecule has 0 saturated carbocycles. The van der Waals surface area contributed by atoms with E-state index in [9.17, 15) is 18.0 Å². The third-order valence-electron chi connectivity index (χ3n) is 5.32. The molecular weight excluding hydrogens is 422 g/mol. The Balaban J connectivity index is 2.23. The normalized spacial score (nSPS) is 15.2. The van der Waals surface area contributed by atoms with Gasteiger partial charge in [-0.2, -0.15) is 4.31 Å². The summed E-state index contributed by atoms with van der Waals surface area (Å²) in [6.45, 7) is 10.6. The van der Waals surface area contributed by atoms with Crippen LogP contribution in [0.2, 0.25) is 0 Å². The number of esters is 1. The molecule has 1 heterocycles. The lowest BCUT2D eigenvalue weighted by atomic mass is 10.1. The van der Waals surface area contributed by atoms with Crippen LogP contribution in [-0.4, -0.2) is 81.5 Å². The van der Waals surface area contributed by atoms with Gasteiger partial charge in [0, 0.05) is 46.2 Å². The Morgan fingerprint density at radius 3 is 2.16 bits per heavy atom. The molecule has 1 aliphatic rings. The molecule has 1 aliphatic heterocycles. The highest BCUT2D eigenvalue weighted by Gasteiger charge is 2.36. The Kier molecular flexibility index (Phi) is 7.93. The topological polar surface area (TPSA) is 96.5 Å². The zero-order valence-electron chi connectivity index (χ0n) is 19.2. The molecule has 1 aromatic rings. The summed E-state index contributed by atoms with van der Waals surface area (Å²) >= 11 is 0. The van der Waals surface area contributed by atoms with Crippen LogP contribution in [0, 0.1) is 0 Å². The van der Waals surface area contributed by atoms with Gasteiger partial charge in [-0.05, 0) is 32.0 Å². The van der Waals surface area contributed by atoms with Crippen LogP contribution in [0.15, 0.2) is 23.1 Å². The highest BCUT2D eigenvalue weighted by molar-refractivity contribution is 7.89. The standard InChI is InChI=1S/C21H33N3O6S/c1-7-24(8-2)31(27,28)17-9-10-19(29-6)18(15-17)22-11-13-23(14-12-22)20(26)21(4,5)30-16(3)25/h9-10,15H,7-8,11-14H2,1-6H3. The number of hydrogen-bond donors (Lipinski definition) is 0. The third-order valence-corrected chi connectivity index (χ3v) is 7.36. The lowest BCUT2D eigenvalue weighted by Crippen LogP contribution is -2.55. The molecule has 1 amide bonds. The number of methoxy groups -OCH3 is 1. The van der Waals surface area contributed by atoms with E-state index >= 15 is 0 Å². The molecule has 9 nitrogen and oxygen atoms in total. The molecule has 0 unspecified atom stereocenters. The number of hydrogen-bond acceptors (Lipinski definition) is 7. The van der Waals surface area contributed by atoms with Crippen molar-refractivity contribution in [2.75, 3.05) is 51.3 Å². The van der Waals surface area contributed by atoms with Crippen LogP contribution in [0.25, 0.3) is 0 Å². The number of ether oxygens (including phenoxy) is 2. The van der Waals surface area contributed by atoms with Crippen molar-refractivity contribution in [1.82, 2.24) is 9.21 Å². The molecule has 0 spiro atoms. The summed E-state index contributed by atoms with van der Waals surface area (Å²) in [6.07, 6.45) is 0. The monoisotopic (exact) mass is 455 g/mol. The van der Waals surface area contributed by atoms with Gasteiger partial charge in [-0.3, -0.25) is 9.59 Å². The molecule has 31 heavy (non-hydrogen) atoms. The van der Waals surface area contributed by atoms with Crippen LogP contribution in [0.3, 0.4) is 0 Å². The van der Waals surface area contributed by atoms with Crippen LogP contribution in [-0.2, 0) is 24.3 Å². The van der Waals surface area contributed by atoms with E-state index < -0.39 is 21.6 Å². The fraction of sp³-hybridized carbons (Fsp3) is 0.619. The SMILES string of the molecule is CCN(CC)S(=O)(=O)c1ccc(OC)c(N2CCN(C(=O)C(C)(C)OC(C)=O)CC2)c1. The van der Waals surface area contributed by atoms with Gasteiger partial charge in [-0.1, -0.05) is 13.8 Å². The molecule has 174 valence electrons. The summed E-state index contributed by atoms with van der Waals surface area (Å²) in [7, 11) is -2.06. The van der Waals surface area contributed by atoms with E-state index in [1.54, 1.807) is 57.9 Å². The summed E-state index contributed by atoms with van der Waals surface area (Å²) in [5.74, 6) is -0.196. The van der Waals surface area contributed by atoms with Gasteiger partial charge in [0.15, 0.2) is 5.60 Å². The molecule has 0 N–H and O–H groups in total. The van der Waals surface area contributed by atoms with E-state index in [1.807, 2.05) is 4.90 Å². The summed E-state index contributed by atoms with van der Waals surface area (Å²) < 4.78 is 37.9. The molecule has 0 aromatic heterocycles. The highest BCUT2D eigenvalue weighted by Crippen LogP contribution is 2.33. The second kappa shape index (κ2) is 9.86. The number of anilines is 1. The molecule has 0 aliphatic carbocycles. The van der Waals surface area contributed by atoms with E-state index in [0.717, 1.165) is 0 Å². The van der Waals surface area contributed by atoms with Gasteiger partial charge in [0.2, 0.25) is 10.0 Å². The molecule has 2 rings (SSSR count). The lowest BCUT2D eigenvalue weighted by molar-refractivity contribution is -0.168. The van der Waals surface area contributed by atoms with Crippen molar-refractivity contribution in [3.63, 3.8) is 0 Å². The number of amides is 1. The molecule has 1 fully saturated rings. The van der Waals surface area contributed by atoms with Crippen molar-refractivity contribution in [2.24, 2.45) is 0 Å². The fourth-order valence-corrected chi connectivity index (χ4v) is 5.20. The first-order valence-corrected chi connectivity index (χ1v) is 11.8. The molecule has 1 aromatic carbocycles. The van der Waals surface area contributed by atoms with Crippen molar-refractivity contribution in [1.29, 1.82) is 0 Å². The Morgan fingerprint density at radius 2 is 1.68 bits per heavy atom. The van der Waals surface area contributed by atoms with E-state index in [-0.39, 0.29) is 10.8 Å². The van der Waals surface area contributed by atoms with Crippen LogP contribution in [0.1, 0.15) is 34.6 Å². The molecule has 0 bridgehead atoms. The molecule has 0 atom stereocenters. The number of rotatable bonds is 8. The van der Waals surface area contributed by atoms with Crippen LogP contribution < -0.4 is 9.64 Å². The Hall–Kier alpha value is -2.33. The fourth-order valence-electron chi connectivity index (χ4n) is 3.72. The van der Waals surface area contributed by atoms with Crippen LogP contribution in [0.5, 0.6) is 5.75 Å². The van der Waals surface area contributed by atoms with Crippen LogP contribution >= 0.6 is 0 Å². The molecule has 10 heteroatoms. The Bertz CT molecular complexity index is 904. The van der Waals surface area contributed by atoms with E-state index in [4.69, 9.17) is 9.47 Å². The van der Waals surface area contributed by atoms with Gasteiger partial charge in [-0.25, -0.2) is 8.42 Å². The molecular formula is C21H33N3O6S. The smallest absolute Gasteiger partial charge is 0.303 e. The summed E-state index contributed by atoms with van der Waals surface area (Å²) in [6, 6.07) is 4.84. The van der Waals surface area contributed by atoms with Gasteiger partial charge in [0.1, 0.15) is 5.75 Å².